The Morgan fingerprint density at radius 3 is 2.75 bits per heavy atom. The van der Waals surface area contributed by atoms with Crippen molar-refractivity contribution in [2.75, 3.05) is 0 Å². The number of benzene rings is 1. The van der Waals surface area contributed by atoms with Crippen LogP contribution in [0.2, 0.25) is 4.34 Å². The number of hydrogen-bond acceptors (Lipinski definition) is 2. The third kappa shape index (κ3) is 2.75. The Kier molecular flexibility index (Phi) is 3.83. The molecule has 0 amide bonds. The van der Waals surface area contributed by atoms with Crippen LogP contribution < -0.4 is 5.73 Å². The number of nitrogens with two attached hydrogens (primary N) is 1. The third-order valence-corrected chi connectivity index (χ3v) is 4.58. The summed E-state index contributed by atoms with van der Waals surface area (Å²) in [6.07, 6.45) is 3.13. The van der Waals surface area contributed by atoms with Crippen molar-refractivity contribution in [1.82, 2.24) is 4.57 Å². The van der Waals surface area contributed by atoms with Gasteiger partial charge in [0.05, 0.1) is 10.9 Å². The molecule has 2 nitrogen and oxygen atoms in total. The lowest BCUT2D eigenvalue weighted by molar-refractivity contribution is 0.735. The molecule has 1 atom stereocenters. The highest BCUT2D eigenvalue weighted by atomic mass is 35.5. The molecule has 3 aromatic rings. The molecule has 0 aliphatic rings. The van der Waals surface area contributed by atoms with Crippen LogP contribution in [-0.4, -0.2) is 10.6 Å². The number of halogens is 1. The highest BCUT2D eigenvalue weighted by Crippen LogP contribution is 2.26. The maximum atomic E-state index is 6.01. The number of thiophene rings is 1. The standard InChI is InChI=1S/C16H17ClN2S/c1-11(18)8-12-9-19(10-13-6-7-16(17)20-13)15-5-3-2-4-14(12)15/h2-7,9,11H,8,10,18H2,1H3. The largest absolute Gasteiger partial charge is 0.342 e. The topological polar surface area (TPSA) is 30.9 Å². The second-order valence-corrected chi connectivity index (χ2v) is 6.99. The SMILES string of the molecule is CC(N)Cc1cn(Cc2ccc(Cl)s2)c2ccccc12. The van der Waals surface area contributed by atoms with Gasteiger partial charge in [-0.3, -0.25) is 0 Å². The van der Waals surface area contributed by atoms with Gasteiger partial charge >= 0.3 is 0 Å². The van der Waals surface area contributed by atoms with Gasteiger partial charge in [0.2, 0.25) is 0 Å². The van der Waals surface area contributed by atoms with Gasteiger partial charge < -0.3 is 10.3 Å². The zero-order valence-corrected chi connectivity index (χ0v) is 12.9. The van der Waals surface area contributed by atoms with Crippen molar-refractivity contribution in [3.05, 3.63) is 57.4 Å². The Hall–Kier alpha value is -1.29. The summed E-state index contributed by atoms with van der Waals surface area (Å²) in [6, 6.07) is 12.7. The van der Waals surface area contributed by atoms with Gasteiger partial charge in [0.25, 0.3) is 0 Å². The maximum absolute atomic E-state index is 6.01. The number of fused-ring (bicyclic) bond motifs is 1. The van der Waals surface area contributed by atoms with Crippen LogP contribution in [0, 0.1) is 0 Å². The van der Waals surface area contributed by atoms with Crippen LogP contribution in [0.4, 0.5) is 0 Å². The molecule has 4 heteroatoms. The second-order valence-electron chi connectivity index (χ2n) is 5.19. The van der Waals surface area contributed by atoms with Crippen molar-refractivity contribution >= 4 is 33.8 Å². The molecular formula is C16H17ClN2S. The Labute approximate surface area is 127 Å². The van der Waals surface area contributed by atoms with Crippen molar-refractivity contribution < 1.29 is 0 Å². The Morgan fingerprint density at radius 2 is 2.05 bits per heavy atom. The van der Waals surface area contributed by atoms with Gasteiger partial charge in [0, 0.05) is 28.0 Å². The van der Waals surface area contributed by atoms with Crippen molar-refractivity contribution in [2.45, 2.75) is 25.9 Å². The number of rotatable bonds is 4. The van der Waals surface area contributed by atoms with E-state index in [4.69, 9.17) is 17.3 Å². The second kappa shape index (κ2) is 5.60. The van der Waals surface area contributed by atoms with Gasteiger partial charge in [-0.05, 0) is 37.1 Å². The molecule has 3 rings (SSSR count). The van der Waals surface area contributed by atoms with E-state index in [0.717, 1.165) is 17.3 Å². The quantitative estimate of drug-likeness (QED) is 0.765. The molecule has 104 valence electrons. The smallest absolute Gasteiger partial charge is 0.0931 e. The van der Waals surface area contributed by atoms with Crippen molar-refractivity contribution in [2.24, 2.45) is 5.73 Å². The lowest BCUT2D eigenvalue weighted by Crippen LogP contribution is -2.17. The van der Waals surface area contributed by atoms with Crippen LogP contribution in [0.1, 0.15) is 17.4 Å². The Balaban J connectivity index is 2.02. The fourth-order valence-electron chi connectivity index (χ4n) is 2.57. The summed E-state index contributed by atoms with van der Waals surface area (Å²) in [7, 11) is 0. The molecule has 20 heavy (non-hydrogen) atoms. The molecule has 1 unspecified atom stereocenters. The van der Waals surface area contributed by atoms with E-state index >= 15 is 0 Å². The molecule has 0 fully saturated rings. The first-order chi connectivity index (χ1) is 9.63. The molecule has 0 spiro atoms. The van der Waals surface area contributed by atoms with Crippen LogP contribution in [0.15, 0.2) is 42.6 Å². The van der Waals surface area contributed by atoms with Crippen molar-refractivity contribution in [3.8, 4) is 0 Å². The summed E-state index contributed by atoms with van der Waals surface area (Å²) in [6.45, 7) is 2.90. The Morgan fingerprint density at radius 1 is 1.25 bits per heavy atom. The van der Waals surface area contributed by atoms with Gasteiger partial charge in [0.1, 0.15) is 0 Å². The molecular weight excluding hydrogens is 288 g/mol. The monoisotopic (exact) mass is 304 g/mol. The fraction of sp³-hybridized carbons (Fsp3) is 0.250. The van der Waals surface area contributed by atoms with E-state index in [0.29, 0.717) is 0 Å². The van der Waals surface area contributed by atoms with Crippen LogP contribution in [0.25, 0.3) is 10.9 Å². The molecule has 0 saturated carbocycles. The van der Waals surface area contributed by atoms with Crippen molar-refractivity contribution in [1.29, 1.82) is 0 Å². The zero-order chi connectivity index (χ0) is 14.1. The predicted octanol–water partition coefficient (Wildman–Crippen LogP) is 4.29. The molecule has 1 aromatic carbocycles. The third-order valence-electron chi connectivity index (χ3n) is 3.37. The lowest BCUT2D eigenvalue weighted by atomic mass is 10.1. The van der Waals surface area contributed by atoms with E-state index in [-0.39, 0.29) is 6.04 Å². The van der Waals surface area contributed by atoms with Gasteiger partial charge in [-0.2, -0.15) is 0 Å². The number of nitrogens with zero attached hydrogens (tertiary/aromatic N) is 1. The summed E-state index contributed by atoms with van der Waals surface area (Å²) in [4.78, 5) is 1.27. The van der Waals surface area contributed by atoms with E-state index in [1.54, 1.807) is 11.3 Å². The van der Waals surface area contributed by atoms with Gasteiger partial charge in [-0.15, -0.1) is 11.3 Å². The van der Waals surface area contributed by atoms with E-state index in [9.17, 15) is 0 Å². The number of para-hydroxylation sites is 1. The normalized spacial score (nSPS) is 12.9. The highest BCUT2D eigenvalue weighted by molar-refractivity contribution is 7.16. The molecule has 2 heterocycles. The number of hydrogen-bond donors (Lipinski definition) is 1. The molecule has 2 N–H and O–H groups in total. The first-order valence-electron chi connectivity index (χ1n) is 6.70. The molecule has 0 radical (unpaired) electrons. The minimum Gasteiger partial charge on any atom is -0.342 e. The summed E-state index contributed by atoms with van der Waals surface area (Å²) in [5.41, 5.74) is 8.53. The average molecular weight is 305 g/mol. The van der Waals surface area contributed by atoms with E-state index in [2.05, 4.69) is 41.1 Å². The highest BCUT2D eigenvalue weighted by Gasteiger charge is 2.10. The van der Waals surface area contributed by atoms with Gasteiger partial charge in [0.15, 0.2) is 0 Å². The van der Waals surface area contributed by atoms with E-state index in [1.807, 2.05) is 13.0 Å². The summed E-state index contributed by atoms with van der Waals surface area (Å²) < 4.78 is 3.13. The van der Waals surface area contributed by atoms with Crippen LogP contribution in [0.3, 0.4) is 0 Å². The summed E-state index contributed by atoms with van der Waals surface area (Å²) in [5, 5.41) is 1.30. The summed E-state index contributed by atoms with van der Waals surface area (Å²) >= 11 is 7.65. The first kappa shape index (κ1) is 13.7. The van der Waals surface area contributed by atoms with E-state index < -0.39 is 0 Å². The zero-order valence-electron chi connectivity index (χ0n) is 11.3. The minimum atomic E-state index is 0.172. The lowest BCUT2D eigenvalue weighted by Gasteiger charge is -2.02. The van der Waals surface area contributed by atoms with Crippen LogP contribution >= 0.6 is 22.9 Å². The first-order valence-corrected chi connectivity index (χ1v) is 7.89. The molecule has 0 aliphatic carbocycles. The van der Waals surface area contributed by atoms with Crippen molar-refractivity contribution in [3.63, 3.8) is 0 Å². The Bertz CT molecular complexity index is 727. The molecule has 0 bridgehead atoms. The van der Waals surface area contributed by atoms with Gasteiger partial charge in [-0.25, -0.2) is 0 Å². The molecule has 2 aromatic heterocycles. The predicted molar refractivity (Wildman–Crippen MR) is 87.7 cm³/mol. The van der Waals surface area contributed by atoms with Gasteiger partial charge in [-0.1, -0.05) is 29.8 Å². The van der Waals surface area contributed by atoms with Crippen LogP contribution in [-0.2, 0) is 13.0 Å². The average Bonchev–Trinajstić information content (AvgIpc) is 2.95. The van der Waals surface area contributed by atoms with E-state index in [1.165, 1.54) is 21.3 Å². The molecule has 0 saturated heterocycles. The summed E-state index contributed by atoms with van der Waals surface area (Å²) in [5.74, 6) is 0. The fourth-order valence-corrected chi connectivity index (χ4v) is 3.65. The minimum absolute atomic E-state index is 0.172. The molecule has 0 aliphatic heterocycles. The number of aromatic nitrogens is 1. The maximum Gasteiger partial charge on any atom is 0.0931 e. The van der Waals surface area contributed by atoms with Crippen LogP contribution in [0.5, 0.6) is 0 Å².